The van der Waals surface area contributed by atoms with Gasteiger partial charge in [-0.2, -0.15) is 0 Å². The molecule has 1 aliphatic rings. The number of carbonyl (C=O) groups is 1. The molecule has 1 aromatic rings. The number of aromatic nitrogens is 1. The van der Waals surface area contributed by atoms with Crippen LogP contribution >= 0.6 is 0 Å². The number of nitrogens with two attached hydrogens (primary N) is 1. The average Bonchev–Trinajstić information content (AvgIpc) is 2.58. The Bertz CT molecular complexity index is 641. The highest BCUT2D eigenvalue weighted by atomic mass is 32.2. The summed E-state index contributed by atoms with van der Waals surface area (Å²) < 4.78 is 23.2. The Balaban J connectivity index is 2.23. The van der Waals surface area contributed by atoms with E-state index < -0.39 is 9.84 Å². The quantitative estimate of drug-likeness (QED) is 0.881. The van der Waals surface area contributed by atoms with Gasteiger partial charge in [0.1, 0.15) is 5.82 Å². The molecule has 1 aromatic heterocycles. The summed E-state index contributed by atoms with van der Waals surface area (Å²) in [6.45, 7) is 4.65. The smallest absolute Gasteiger partial charge is 0.254 e. The summed E-state index contributed by atoms with van der Waals surface area (Å²) in [4.78, 5) is 18.3. The fourth-order valence-corrected chi connectivity index (χ4v) is 3.59. The fraction of sp³-hybridized carbons (Fsp3) is 0.571. The lowest BCUT2D eigenvalue weighted by atomic mass is 10.1. The van der Waals surface area contributed by atoms with Gasteiger partial charge in [0.15, 0.2) is 9.84 Å². The highest BCUT2D eigenvalue weighted by Crippen LogP contribution is 2.18. The van der Waals surface area contributed by atoms with Crippen molar-refractivity contribution in [2.45, 2.75) is 26.2 Å². The second-order valence-corrected chi connectivity index (χ2v) is 7.96. The second-order valence-electron chi connectivity index (χ2n) is 5.66. The Morgan fingerprint density at radius 1 is 1.29 bits per heavy atom. The Kier molecular flexibility index (Phi) is 4.51. The van der Waals surface area contributed by atoms with E-state index in [1.54, 1.807) is 17.0 Å². The van der Waals surface area contributed by atoms with Crippen LogP contribution in [0, 0.1) is 0 Å². The molecule has 0 atom stereocenters. The van der Waals surface area contributed by atoms with E-state index >= 15 is 0 Å². The number of pyridine rings is 1. The fourth-order valence-electron chi connectivity index (χ4n) is 2.32. The molecule has 1 saturated heterocycles. The summed E-state index contributed by atoms with van der Waals surface area (Å²) in [7, 11) is -3.03. The highest BCUT2D eigenvalue weighted by molar-refractivity contribution is 7.91. The van der Waals surface area contributed by atoms with Crippen molar-refractivity contribution in [2.75, 3.05) is 30.3 Å². The monoisotopic (exact) mass is 311 g/mol. The molecule has 0 aliphatic carbocycles. The number of anilines is 1. The van der Waals surface area contributed by atoms with Crippen LogP contribution in [0.15, 0.2) is 12.1 Å². The molecule has 0 aromatic carbocycles. The predicted octanol–water partition coefficient (Wildman–Crippen LogP) is 1.05. The lowest BCUT2D eigenvalue weighted by Gasteiger charge is -2.20. The first-order chi connectivity index (χ1) is 9.78. The van der Waals surface area contributed by atoms with E-state index in [4.69, 9.17) is 5.73 Å². The van der Waals surface area contributed by atoms with Crippen molar-refractivity contribution in [3.05, 3.63) is 23.4 Å². The largest absolute Gasteiger partial charge is 0.384 e. The van der Waals surface area contributed by atoms with Crippen LogP contribution in [-0.4, -0.2) is 48.8 Å². The molecule has 0 spiro atoms. The van der Waals surface area contributed by atoms with Gasteiger partial charge >= 0.3 is 0 Å². The molecule has 2 N–H and O–H groups in total. The van der Waals surface area contributed by atoms with Crippen molar-refractivity contribution in [2.24, 2.45) is 0 Å². The third kappa shape index (κ3) is 3.93. The van der Waals surface area contributed by atoms with Crippen LogP contribution in [-0.2, 0) is 9.84 Å². The van der Waals surface area contributed by atoms with Gasteiger partial charge in [-0.15, -0.1) is 0 Å². The molecule has 1 aliphatic heterocycles. The van der Waals surface area contributed by atoms with Gasteiger partial charge in [-0.1, -0.05) is 13.8 Å². The molecule has 2 heterocycles. The van der Waals surface area contributed by atoms with Crippen molar-refractivity contribution in [3.8, 4) is 0 Å². The zero-order chi connectivity index (χ0) is 15.6. The van der Waals surface area contributed by atoms with Crippen molar-refractivity contribution in [1.29, 1.82) is 0 Å². The molecule has 0 bridgehead atoms. The average molecular weight is 311 g/mol. The van der Waals surface area contributed by atoms with Gasteiger partial charge in [0.25, 0.3) is 5.91 Å². The predicted molar refractivity (Wildman–Crippen MR) is 81.9 cm³/mol. The van der Waals surface area contributed by atoms with Gasteiger partial charge in [-0.3, -0.25) is 4.79 Å². The van der Waals surface area contributed by atoms with Crippen LogP contribution in [0.1, 0.15) is 42.2 Å². The first-order valence-electron chi connectivity index (χ1n) is 7.05. The van der Waals surface area contributed by atoms with E-state index in [1.165, 1.54) is 0 Å². The van der Waals surface area contributed by atoms with Crippen LogP contribution < -0.4 is 5.73 Å². The molecule has 0 saturated carbocycles. The zero-order valence-electron chi connectivity index (χ0n) is 12.4. The number of nitrogen functional groups attached to an aromatic ring is 1. The van der Waals surface area contributed by atoms with E-state index in [0.717, 1.165) is 5.69 Å². The maximum Gasteiger partial charge on any atom is 0.254 e. The SMILES string of the molecule is CC(C)c1cc(C(=O)N2CCCS(=O)(=O)CC2)cc(N)n1. The number of hydrogen-bond donors (Lipinski definition) is 1. The molecule has 6 nitrogen and oxygen atoms in total. The normalized spacial score (nSPS) is 18.5. The van der Waals surface area contributed by atoms with Gasteiger partial charge in [0.2, 0.25) is 0 Å². The van der Waals surface area contributed by atoms with E-state index in [2.05, 4.69) is 4.98 Å². The molecule has 0 unspecified atom stereocenters. The van der Waals surface area contributed by atoms with Gasteiger partial charge in [0.05, 0.1) is 11.5 Å². The van der Waals surface area contributed by atoms with Crippen molar-refractivity contribution < 1.29 is 13.2 Å². The minimum absolute atomic E-state index is 0.0242. The number of nitrogens with zero attached hydrogens (tertiary/aromatic N) is 2. The lowest BCUT2D eigenvalue weighted by molar-refractivity contribution is 0.0768. The van der Waals surface area contributed by atoms with Crippen molar-refractivity contribution in [1.82, 2.24) is 9.88 Å². The molecule has 21 heavy (non-hydrogen) atoms. The molecule has 2 rings (SSSR count). The first-order valence-corrected chi connectivity index (χ1v) is 8.88. The lowest BCUT2D eigenvalue weighted by Crippen LogP contribution is -2.33. The topological polar surface area (TPSA) is 93.4 Å². The minimum atomic E-state index is -3.03. The van der Waals surface area contributed by atoms with Crippen LogP contribution in [0.2, 0.25) is 0 Å². The highest BCUT2D eigenvalue weighted by Gasteiger charge is 2.24. The van der Waals surface area contributed by atoms with Gasteiger partial charge in [0, 0.05) is 24.3 Å². The summed E-state index contributed by atoms with van der Waals surface area (Å²) in [5.74, 6) is 0.475. The van der Waals surface area contributed by atoms with E-state index in [1.807, 2.05) is 13.8 Å². The van der Waals surface area contributed by atoms with Crippen LogP contribution in [0.3, 0.4) is 0 Å². The summed E-state index contributed by atoms with van der Waals surface area (Å²) in [5, 5.41) is 0. The number of amides is 1. The van der Waals surface area contributed by atoms with Crippen molar-refractivity contribution in [3.63, 3.8) is 0 Å². The summed E-state index contributed by atoms with van der Waals surface area (Å²) in [6, 6.07) is 3.29. The van der Waals surface area contributed by atoms with Crippen molar-refractivity contribution >= 4 is 21.6 Å². The van der Waals surface area contributed by atoms with Gasteiger partial charge in [-0.05, 0) is 24.5 Å². The summed E-state index contributed by atoms with van der Waals surface area (Å²) in [5.41, 5.74) is 7.00. The third-order valence-electron chi connectivity index (χ3n) is 3.55. The molecule has 0 radical (unpaired) electrons. The Morgan fingerprint density at radius 2 is 2.00 bits per heavy atom. The number of hydrogen-bond acceptors (Lipinski definition) is 5. The van der Waals surface area contributed by atoms with E-state index in [-0.39, 0.29) is 29.9 Å². The van der Waals surface area contributed by atoms with Gasteiger partial charge < -0.3 is 10.6 Å². The Morgan fingerprint density at radius 3 is 2.67 bits per heavy atom. The maximum absolute atomic E-state index is 12.5. The molecule has 1 amide bonds. The molecule has 7 heteroatoms. The van der Waals surface area contributed by atoms with Crippen LogP contribution in [0.5, 0.6) is 0 Å². The standard InChI is InChI=1S/C14H21N3O3S/c1-10(2)12-8-11(9-13(15)16-12)14(18)17-4-3-6-21(19,20)7-5-17/h8-10H,3-7H2,1-2H3,(H2,15,16). The van der Waals surface area contributed by atoms with Crippen LogP contribution in [0.25, 0.3) is 0 Å². The molecule has 1 fully saturated rings. The van der Waals surface area contributed by atoms with Crippen LogP contribution in [0.4, 0.5) is 5.82 Å². The summed E-state index contributed by atoms with van der Waals surface area (Å²) in [6.07, 6.45) is 0.478. The summed E-state index contributed by atoms with van der Waals surface area (Å²) >= 11 is 0. The molecular weight excluding hydrogens is 290 g/mol. The Hall–Kier alpha value is -1.63. The maximum atomic E-state index is 12.5. The first kappa shape index (κ1) is 15.8. The minimum Gasteiger partial charge on any atom is -0.384 e. The molecular formula is C14H21N3O3S. The number of rotatable bonds is 2. The third-order valence-corrected chi connectivity index (χ3v) is 5.26. The molecule has 116 valence electrons. The number of carbonyl (C=O) groups excluding carboxylic acids is 1. The second kappa shape index (κ2) is 6.01. The van der Waals surface area contributed by atoms with E-state index in [0.29, 0.717) is 24.3 Å². The zero-order valence-corrected chi connectivity index (χ0v) is 13.2. The van der Waals surface area contributed by atoms with E-state index in [9.17, 15) is 13.2 Å². The number of sulfone groups is 1. The Labute approximate surface area is 125 Å². The van der Waals surface area contributed by atoms with Gasteiger partial charge in [-0.25, -0.2) is 13.4 Å².